The summed E-state index contributed by atoms with van der Waals surface area (Å²) in [7, 11) is -3.17. The Morgan fingerprint density at radius 3 is 2.44 bits per heavy atom. The van der Waals surface area contributed by atoms with Crippen LogP contribution < -0.4 is 5.32 Å². The Hall–Kier alpha value is -0.700. The van der Waals surface area contributed by atoms with E-state index in [1.54, 1.807) is 4.31 Å². The molecule has 2 rings (SSSR count). The molecule has 0 spiro atoms. The molecular formula is C17H32N2O5S. The van der Waals surface area contributed by atoms with Gasteiger partial charge in [-0.05, 0) is 38.5 Å². The first-order valence-corrected chi connectivity index (χ1v) is 11.0. The number of ether oxygens (including phenoxy) is 1. The predicted molar refractivity (Wildman–Crippen MR) is 95.6 cm³/mol. The molecule has 1 amide bonds. The molecule has 8 heteroatoms. The molecule has 0 bridgehead atoms. The van der Waals surface area contributed by atoms with Gasteiger partial charge in [0.25, 0.3) is 0 Å². The van der Waals surface area contributed by atoms with Crippen molar-refractivity contribution in [1.29, 1.82) is 0 Å². The molecule has 25 heavy (non-hydrogen) atoms. The Morgan fingerprint density at radius 1 is 1.12 bits per heavy atom. The van der Waals surface area contributed by atoms with Crippen LogP contribution in [-0.2, 0) is 19.6 Å². The van der Waals surface area contributed by atoms with Gasteiger partial charge < -0.3 is 15.2 Å². The third-order valence-electron chi connectivity index (χ3n) is 5.31. The van der Waals surface area contributed by atoms with E-state index in [1.165, 1.54) is 0 Å². The fourth-order valence-corrected chi connectivity index (χ4v) is 5.05. The van der Waals surface area contributed by atoms with E-state index in [9.17, 15) is 18.3 Å². The van der Waals surface area contributed by atoms with Gasteiger partial charge in [-0.1, -0.05) is 6.42 Å². The number of aliphatic hydroxyl groups excluding tert-OH is 1. The zero-order valence-corrected chi connectivity index (χ0v) is 15.9. The number of hydrogen-bond acceptors (Lipinski definition) is 5. The SMILES string of the molecule is O=C(CCCCS(=O)(=O)N1CCCCC1)NCC1(CO)CCOCC1. The highest BCUT2D eigenvalue weighted by molar-refractivity contribution is 7.89. The molecule has 0 radical (unpaired) electrons. The van der Waals surface area contributed by atoms with Gasteiger partial charge in [-0.3, -0.25) is 4.79 Å². The second-order valence-corrected chi connectivity index (χ2v) is 9.37. The summed E-state index contributed by atoms with van der Waals surface area (Å²) >= 11 is 0. The summed E-state index contributed by atoms with van der Waals surface area (Å²) in [4.78, 5) is 12.0. The van der Waals surface area contributed by atoms with Crippen molar-refractivity contribution in [2.24, 2.45) is 5.41 Å². The predicted octanol–water partition coefficient (Wildman–Crippen LogP) is 0.878. The molecule has 0 unspecified atom stereocenters. The molecule has 2 heterocycles. The fourth-order valence-electron chi connectivity index (χ4n) is 3.41. The smallest absolute Gasteiger partial charge is 0.220 e. The molecule has 0 aromatic heterocycles. The Balaban J connectivity index is 1.63. The van der Waals surface area contributed by atoms with Gasteiger partial charge in [0, 0.05) is 44.7 Å². The number of carbonyl (C=O) groups is 1. The number of piperidine rings is 1. The second-order valence-electron chi connectivity index (χ2n) is 7.28. The van der Waals surface area contributed by atoms with Crippen LogP contribution in [0, 0.1) is 5.41 Å². The number of amides is 1. The van der Waals surface area contributed by atoms with E-state index in [-0.39, 0.29) is 23.7 Å². The van der Waals surface area contributed by atoms with Crippen molar-refractivity contribution in [2.45, 2.75) is 51.4 Å². The fraction of sp³-hybridized carbons (Fsp3) is 0.941. The van der Waals surface area contributed by atoms with E-state index < -0.39 is 10.0 Å². The van der Waals surface area contributed by atoms with Crippen molar-refractivity contribution < 1.29 is 23.1 Å². The van der Waals surface area contributed by atoms with E-state index >= 15 is 0 Å². The molecule has 0 aliphatic carbocycles. The molecule has 0 aromatic carbocycles. The summed E-state index contributed by atoms with van der Waals surface area (Å²) in [5.74, 6) is 0.0488. The third kappa shape index (κ3) is 6.51. The quantitative estimate of drug-likeness (QED) is 0.582. The van der Waals surface area contributed by atoms with Crippen LogP contribution in [0.15, 0.2) is 0 Å². The molecule has 2 saturated heterocycles. The maximum atomic E-state index is 12.2. The van der Waals surface area contributed by atoms with Crippen molar-refractivity contribution in [1.82, 2.24) is 9.62 Å². The minimum atomic E-state index is -3.17. The van der Waals surface area contributed by atoms with Crippen molar-refractivity contribution in [2.75, 3.05) is 45.2 Å². The van der Waals surface area contributed by atoms with Crippen LogP contribution >= 0.6 is 0 Å². The first kappa shape index (κ1) is 20.6. The maximum absolute atomic E-state index is 12.2. The van der Waals surface area contributed by atoms with Gasteiger partial charge in [-0.2, -0.15) is 0 Å². The number of aliphatic hydroxyl groups is 1. The molecule has 2 N–H and O–H groups in total. The number of unbranched alkanes of at least 4 members (excludes halogenated alkanes) is 1. The minimum Gasteiger partial charge on any atom is -0.396 e. The number of nitrogens with zero attached hydrogens (tertiary/aromatic N) is 1. The van der Waals surface area contributed by atoms with Crippen LogP contribution in [0.3, 0.4) is 0 Å². The van der Waals surface area contributed by atoms with Crippen LogP contribution in [0.4, 0.5) is 0 Å². The van der Waals surface area contributed by atoms with Crippen molar-refractivity contribution in [3.63, 3.8) is 0 Å². The third-order valence-corrected chi connectivity index (χ3v) is 7.27. The van der Waals surface area contributed by atoms with E-state index in [0.29, 0.717) is 52.1 Å². The van der Waals surface area contributed by atoms with Crippen molar-refractivity contribution in [3.05, 3.63) is 0 Å². The topological polar surface area (TPSA) is 95.9 Å². The molecule has 0 aromatic rings. The average Bonchev–Trinajstić information content (AvgIpc) is 2.65. The van der Waals surface area contributed by atoms with Gasteiger partial charge in [0.2, 0.25) is 15.9 Å². The lowest BCUT2D eigenvalue weighted by Crippen LogP contribution is -2.43. The normalized spacial score (nSPS) is 21.8. The maximum Gasteiger partial charge on any atom is 0.220 e. The first-order chi connectivity index (χ1) is 12.0. The minimum absolute atomic E-state index is 0.0463. The molecular weight excluding hydrogens is 344 g/mol. The summed E-state index contributed by atoms with van der Waals surface area (Å²) in [5.41, 5.74) is -0.272. The van der Waals surface area contributed by atoms with Gasteiger partial charge in [0.15, 0.2) is 0 Å². The molecule has 2 fully saturated rings. The Bertz CT molecular complexity index is 511. The standard InChI is InChI=1S/C17H32N2O5S/c20-15-17(7-11-24-12-8-17)14-18-16(21)6-2-5-13-25(22,23)19-9-3-1-4-10-19/h20H,1-15H2,(H,18,21). The van der Waals surface area contributed by atoms with Crippen LogP contribution in [0.2, 0.25) is 0 Å². The highest BCUT2D eigenvalue weighted by Gasteiger charge is 2.32. The van der Waals surface area contributed by atoms with Gasteiger partial charge in [0.1, 0.15) is 0 Å². The molecule has 146 valence electrons. The van der Waals surface area contributed by atoms with E-state index in [0.717, 1.165) is 32.1 Å². The monoisotopic (exact) mass is 376 g/mol. The number of rotatable bonds is 9. The summed E-state index contributed by atoms with van der Waals surface area (Å²) in [6.45, 7) is 3.00. The van der Waals surface area contributed by atoms with Crippen LogP contribution in [0.5, 0.6) is 0 Å². The van der Waals surface area contributed by atoms with E-state index in [1.807, 2.05) is 0 Å². The lowest BCUT2D eigenvalue weighted by molar-refractivity contribution is -0.122. The molecule has 0 saturated carbocycles. The summed E-state index contributed by atoms with van der Waals surface area (Å²) in [6.07, 6.45) is 5.88. The molecule has 2 aliphatic heterocycles. The molecule has 0 atom stereocenters. The van der Waals surface area contributed by atoms with Crippen molar-refractivity contribution >= 4 is 15.9 Å². The molecule has 2 aliphatic rings. The lowest BCUT2D eigenvalue weighted by Gasteiger charge is -2.35. The number of carbonyl (C=O) groups excluding carboxylic acids is 1. The van der Waals surface area contributed by atoms with E-state index in [4.69, 9.17) is 4.74 Å². The summed E-state index contributed by atoms with van der Waals surface area (Å²) < 4.78 is 31.4. The van der Waals surface area contributed by atoms with Gasteiger partial charge in [-0.15, -0.1) is 0 Å². The van der Waals surface area contributed by atoms with Gasteiger partial charge in [0.05, 0.1) is 12.4 Å². The zero-order chi connectivity index (χ0) is 18.2. The number of nitrogens with one attached hydrogen (secondary N) is 1. The Labute approximate surface area is 151 Å². The number of hydrogen-bond donors (Lipinski definition) is 2. The highest BCUT2D eigenvalue weighted by atomic mass is 32.2. The van der Waals surface area contributed by atoms with Gasteiger partial charge in [-0.25, -0.2) is 12.7 Å². The van der Waals surface area contributed by atoms with Crippen LogP contribution in [0.25, 0.3) is 0 Å². The van der Waals surface area contributed by atoms with Gasteiger partial charge >= 0.3 is 0 Å². The second kappa shape index (κ2) is 9.85. The van der Waals surface area contributed by atoms with E-state index in [2.05, 4.69) is 5.32 Å². The Morgan fingerprint density at radius 2 is 1.80 bits per heavy atom. The first-order valence-electron chi connectivity index (χ1n) is 9.41. The van der Waals surface area contributed by atoms with Crippen LogP contribution in [0.1, 0.15) is 51.4 Å². The Kier molecular flexibility index (Phi) is 8.12. The summed E-state index contributed by atoms with van der Waals surface area (Å²) in [6, 6.07) is 0. The number of sulfonamides is 1. The largest absolute Gasteiger partial charge is 0.396 e. The molecule has 7 nitrogen and oxygen atoms in total. The van der Waals surface area contributed by atoms with Crippen LogP contribution in [-0.4, -0.2) is 68.9 Å². The zero-order valence-electron chi connectivity index (χ0n) is 15.0. The summed E-state index contributed by atoms with van der Waals surface area (Å²) in [5, 5.41) is 12.5. The van der Waals surface area contributed by atoms with Crippen molar-refractivity contribution in [3.8, 4) is 0 Å². The lowest BCUT2D eigenvalue weighted by atomic mass is 9.81. The highest BCUT2D eigenvalue weighted by Crippen LogP contribution is 2.29. The average molecular weight is 377 g/mol.